The minimum atomic E-state index is -0.256. The Morgan fingerprint density at radius 1 is 1.15 bits per heavy atom. The van der Waals surface area contributed by atoms with E-state index in [9.17, 15) is 4.39 Å². The summed E-state index contributed by atoms with van der Waals surface area (Å²) in [4.78, 5) is 6.33. The summed E-state index contributed by atoms with van der Waals surface area (Å²) < 4.78 is 24.2. The van der Waals surface area contributed by atoms with Gasteiger partial charge < -0.3 is 19.7 Å². The Balaban J connectivity index is 0.00000364. The van der Waals surface area contributed by atoms with Crippen LogP contribution in [-0.4, -0.2) is 39.2 Å². The summed E-state index contributed by atoms with van der Waals surface area (Å²) in [6, 6.07) is 12.9. The number of ether oxygens (including phenoxy) is 2. The van der Waals surface area contributed by atoms with E-state index in [1.165, 1.54) is 6.07 Å². The summed E-state index contributed by atoms with van der Waals surface area (Å²) in [5.41, 5.74) is 2.58. The van der Waals surface area contributed by atoms with Gasteiger partial charge in [-0.25, -0.2) is 4.39 Å². The SMILES string of the molecule is CN=C(NCc1ccc(F)c(COC)c1)N(C)Cc1ccccc1OC.I. The normalized spacial score (nSPS) is 10.9. The van der Waals surface area contributed by atoms with Crippen LogP contribution in [0.1, 0.15) is 16.7 Å². The molecule has 148 valence electrons. The number of methoxy groups -OCH3 is 2. The van der Waals surface area contributed by atoms with E-state index in [1.54, 1.807) is 33.4 Å². The molecule has 0 bridgehead atoms. The van der Waals surface area contributed by atoms with Crippen molar-refractivity contribution in [2.75, 3.05) is 28.3 Å². The van der Waals surface area contributed by atoms with Crippen molar-refractivity contribution in [2.24, 2.45) is 4.99 Å². The molecule has 0 unspecified atom stereocenters. The lowest BCUT2D eigenvalue weighted by atomic mass is 10.1. The standard InChI is InChI=1S/C20H26FN3O2.HI/c1-22-20(24(2)13-16-7-5-6-8-19(16)26-4)23-12-15-9-10-18(21)17(11-15)14-25-3;/h5-11H,12-14H2,1-4H3,(H,22,23);1H. The van der Waals surface area contributed by atoms with Crippen molar-refractivity contribution >= 4 is 29.9 Å². The van der Waals surface area contributed by atoms with Crippen LogP contribution < -0.4 is 10.1 Å². The molecular weight excluding hydrogens is 460 g/mol. The van der Waals surface area contributed by atoms with Crippen molar-refractivity contribution in [1.82, 2.24) is 10.2 Å². The van der Waals surface area contributed by atoms with Crippen LogP contribution in [0.4, 0.5) is 4.39 Å². The van der Waals surface area contributed by atoms with E-state index in [2.05, 4.69) is 10.3 Å². The van der Waals surface area contributed by atoms with E-state index >= 15 is 0 Å². The maximum atomic E-state index is 13.7. The van der Waals surface area contributed by atoms with Crippen molar-refractivity contribution in [3.05, 3.63) is 65.0 Å². The van der Waals surface area contributed by atoms with Crippen LogP contribution in [0.2, 0.25) is 0 Å². The molecule has 0 atom stereocenters. The van der Waals surface area contributed by atoms with Gasteiger partial charge in [0.1, 0.15) is 11.6 Å². The number of rotatable bonds is 7. The lowest BCUT2D eigenvalue weighted by molar-refractivity contribution is 0.181. The molecule has 0 radical (unpaired) electrons. The Kier molecular flexibility index (Phi) is 10.1. The maximum absolute atomic E-state index is 13.7. The van der Waals surface area contributed by atoms with Gasteiger partial charge in [0.15, 0.2) is 5.96 Å². The maximum Gasteiger partial charge on any atom is 0.193 e. The molecule has 0 heterocycles. The van der Waals surface area contributed by atoms with Crippen molar-refractivity contribution in [1.29, 1.82) is 0 Å². The van der Waals surface area contributed by atoms with Crippen LogP contribution >= 0.6 is 24.0 Å². The predicted octanol–water partition coefficient (Wildman–Crippen LogP) is 3.81. The monoisotopic (exact) mass is 487 g/mol. The van der Waals surface area contributed by atoms with Crippen LogP contribution in [0.5, 0.6) is 5.75 Å². The molecule has 0 fully saturated rings. The Labute approximate surface area is 177 Å². The molecule has 0 amide bonds. The number of nitrogens with zero attached hydrogens (tertiary/aromatic N) is 2. The summed E-state index contributed by atoms with van der Waals surface area (Å²) in [5.74, 6) is 1.33. The van der Waals surface area contributed by atoms with Gasteiger partial charge in [0, 0.05) is 45.4 Å². The summed E-state index contributed by atoms with van der Waals surface area (Å²) >= 11 is 0. The predicted molar refractivity (Wildman–Crippen MR) is 117 cm³/mol. The third-order valence-corrected chi connectivity index (χ3v) is 4.03. The molecule has 0 saturated carbocycles. The lowest BCUT2D eigenvalue weighted by Gasteiger charge is -2.23. The van der Waals surface area contributed by atoms with Gasteiger partial charge in [0.05, 0.1) is 13.7 Å². The average Bonchev–Trinajstić information content (AvgIpc) is 2.65. The zero-order valence-corrected chi connectivity index (χ0v) is 18.5. The first-order chi connectivity index (χ1) is 12.6. The number of nitrogens with one attached hydrogen (secondary N) is 1. The molecule has 1 N–H and O–H groups in total. The van der Waals surface area contributed by atoms with Gasteiger partial charge in [0.25, 0.3) is 0 Å². The summed E-state index contributed by atoms with van der Waals surface area (Å²) in [5, 5.41) is 3.30. The zero-order valence-electron chi connectivity index (χ0n) is 16.2. The van der Waals surface area contributed by atoms with Crippen LogP contribution in [0, 0.1) is 5.82 Å². The van der Waals surface area contributed by atoms with Gasteiger partial charge >= 0.3 is 0 Å². The molecule has 7 heteroatoms. The van der Waals surface area contributed by atoms with Crippen molar-refractivity contribution in [3.63, 3.8) is 0 Å². The number of halogens is 2. The topological polar surface area (TPSA) is 46.1 Å². The number of guanidine groups is 1. The summed E-state index contributed by atoms with van der Waals surface area (Å²) in [6.45, 7) is 1.45. The van der Waals surface area contributed by atoms with E-state index in [4.69, 9.17) is 9.47 Å². The summed E-state index contributed by atoms with van der Waals surface area (Å²) in [7, 11) is 6.92. The third-order valence-electron chi connectivity index (χ3n) is 4.03. The Hall–Kier alpha value is -1.87. The molecule has 2 aromatic carbocycles. The Morgan fingerprint density at radius 2 is 1.89 bits per heavy atom. The van der Waals surface area contributed by atoms with E-state index in [1.807, 2.05) is 36.2 Å². The summed E-state index contributed by atoms with van der Waals surface area (Å²) in [6.07, 6.45) is 0. The number of hydrogen-bond donors (Lipinski definition) is 1. The Morgan fingerprint density at radius 3 is 2.56 bits per heavy atom. The quantitative estimate of drug-likeness (QED) is 0.367. The highest BCUT2D eigenvalue weighted by molar-refractivity contribution is 14.0. The second-order valence-corrected chi connectivity index (χ2v) is 5.93. The van der Waals surface area contributed by atoms with Gasteiger partial charge in [0.2, 0.25) is 0 Å². The number of benzene rings is 2. The minimum absolute atomic E-state index is 0. The fraction of sp³-hybridized carbons (Fsp3) is 0.350. The second-order valence-electron chi connectivity index (χ2n) is 5.93. The minimum Gasteiger partial charge on any atom is -0.496 e. The van der Waals surface area contributed by atoms with E-state index in [0.717, 1.165) is 22.8 Å². The first-order valence-corrected chi connectivity index (χ1v) is 8.39. The zero-order chi connectivity index (χ0) is 18.9. The van der Waals surface area contributed by atoms with Crippen LogP contribution in [0.15, 0.2) is 47.5 Å². The lowest BCUT2D eigenvalue weighted by Crippen LogP contribution is -2.38. The highest BCUT2D eigenvalue weighted by Gasteiger charge is 2.10. The van der Waals surface area contributed by atoms with Crippen LogP contribution in [-0.2, 0) is 24.4 Å². The van der Waals surface area contributed by atoms with Crippen molar-refractivity contribution < 1.29 is 13.9 Å². The number of para-hydroxylation sites is 1. The van der Waals surface area contributed by atoms with Gasteiger partial charge in [-0.3, -0.25) is 4.99 Å². The van der Waals surface area contributed by atoms with Gasteiger partial charge in [-0.2, -0.15) is 0 Å². The fourth-order valence-electron chi connectivity index (χ4n) is 2.73. The highest BCUT2D eigenvalue weighted by Crippen LogP contribution is 2.18. The van der Waals surface area contributed by atoms with E-state index in [0.29, 0.717) is 18.7 Å². The van der Waals surface area contributed by atoms with Gasteiger partial charge in [-0.1, -0.05) is 24.3 Å². The average molecular weight is 487 g/mol. The van der Waals surface area contributed by atoms with Gasteiger partial charge in [-0.05, 0) is 23.8 Å². The molecule has 0 saturated heterocycles. The first kappa shape index (κ1) is 23.2. The third kappa shape index (κ3) is 6.66. The molecule has 0 aliphatic carbocycles. The molecule has 0 aliphatic rings. The first-order valence-electron chi connectivity index (χ1n) is 8.39. The molecule has 2 aromatic rings. The second kappa shape index (κ2) is 11.8. The fourth-order valence-corrected chi connectivity index (χ4v) is 2.73. The molecule has 0 aromatic heterocycles. The Bertz CT molecular complexity index is 756. The van der Waals surface area contributed by atoms with Gasteiger partial charge in [-0.15, -0.1) is 24.0 Å². The van der Waals surface area contributed by atoms with Crippen molar-refractivity contribution in [3.8, 4) is 5.75 Å². The smallest absolute Gasteiger partial charge is 0.193 e. The molecule has 2 rings (SSSR count). The molecule has 0 aliphatic heterocycles. The number of aliphatic imine (C=N–C) groups is 1. The van der Waals surface area contributed by atoms with Crippen LogP contribution in [0.25, 0.3) is 0 Å². The largest absolute Gasteiger partial charge is 0.496 e. The molecular formula is C20H27FIN3O2. The molecule has 5 nitrogen and oxygen atoms in total. The van der Waals surface area contributed by atoms with Crippen LogP contribution in [0.3, 0.4) is 0 Å². The molecule has 0 spiro atoms. The van der Waals surface area contributed by atoms with E-state index < -0.39 is 0 Å². The van der Waals surface area contributed by atoms with E-state index in [-0.39, 0.29) is 36.4 Å². The highest BCUT2D eigenvalue weighted by atomic mass is 127. The number of hydrogen-bond acceptors (Lipinski definition) is 3. The van der Waals surface area contributed by atoms with Crippen molar-refractivity contribution in [2.45, 2.75) is 19.7 Å². The molecule has 27 heavy (non-hydrogen) atoms.